The smallest absolute Gasteiger partial charge is 0.0533 e. The van der Waals surface area contributed by atoms with Gasteiger partial charge in [0.1, 0.15) is 0 Å². The highest BCUT2D eigenvalue weighted by molar-refractivity contribution is 4.64. The summed E-state index contributed by atoms with van der Waals surface area (Å²) in [7, 11) is 0. The molecule has 0 aromatic rings. The second-order valence-corrected chi connectivity index (χ2v) is 51.9. The summed E-state index contributed by atoms with van der Waals surface area (Å²) in [5.41, 5.74) is 0. The minimum atomic E-state index is 1.37. The van der Waals surface area contributed by atoms with E-state index in [0.29, 0.717) is 0 Å². The van der Waals surface area contributed by atoms with Crippen LogP contribution in [0.2, 0.25) is 0 Å². The van der Waals surface area contributed by atoms with Crippen LogP contribution in [0.5, 0.6) is 0 Å². The Hall–Kier alpha value is 0. The zero-order chi connectivity index (χ0) is 105. The lowest BCUT2D eigenvalue weighted by Gasteiger charge is -2.05. The highest BCUT2D eigenvalue weighted by Gasteiger charge is 2.09. The molecule has 0 saturated carbocycles. The van der Waals surface area contributed by atoms with Gasteiger partial charge in [0, 0.05) is 0 Å². The van der Waals surface area contributed by atoms with Crippen LogP contribution in [0.15, 0.2) is 0 Å². The van der Waals surface area contributed by atoms with E-state index in [2.05, 4.69) is 13.8 Å². The van der Waals surface area contributed by atoms with Crippen LogP contribution < -0.4 is 0 Å². The van der Waals surface area contributed by atoms with Crippen LogP contribution in [-0.2, 0) is 0 Å². The first kappa shape index (κ1) is 148. The summed E-state index contributed by atoms with van der Waals surface area (Å²) in [5, 5.41) is 0. The minimum absolute atomic E-state index is 1.37. The third-order valence-electron chi connectivity index (χ3n) is 36.5. The molecule has 0 N–H and O–H groups in total. The van der Waals surface area contributed by atoms with Crippen molar-refractivity contribution in [3.8, 4) is 0 Å². The zero-order valence-electron chi connectivity index (χ0n) is 105. The molecule has 0 rings (SSSR count). The predicted molar refractivity (Wildman–Crippen MR) is 685 cm³/mol. The minimum Gasteiger partial charge on any atom is -0.0654 e. The average Bonchev–Trinajstić information content (AvgIpc) is 1.10. The van der Waals surface area contributed by atoms with Crippen LogP contribution in [0.25, 0.3) is 0 Å². The Labute approximate surface area is 944 Å². The summed E-state index contributed by atoms with van der Waals surface area (Å²) >= 11 is 0. The zero-order valence-corrected chi connectivity index (χ0v) is 105. The van der Waals surface area contributed by atoms with Crippen molar-refractivity contribution in [2.45, 2.75) is 951 Å². The first-order valence-electron chi connectivity index (χ1n) is 73.9. The maximum atomic E-state index is 2.32. The largest absolute Gasteiger partial charge is 0.0654 e. The topological polar surface area (TPSA) is 0 Å². The Morgan fingerprint density at radius 1 is 0.0338 bits per heavy atom. The monoisotopic (exact) mass is 2080 g/mol. The molecule has 0 nitrogen and oxygen atoms in total. The molecule has 0 aromatic heterocycles. The summed E-state index contributed by atoms with van der Waals surface area (Å²) in [6, 6.07) is 0. The fourth-order valence-corrected chi connectivity index (χ4v) is 25.6. The van der Waals surface area contributed by atoms with E-state index in [4.69, 9.17) is 0 Å². The molecule has 0 heterocycles. The fraction of sp³-hybridized carbons (Fsp3) is 1.00. The van der Waals surface area contributed by atoms with Gasteiger partial charge >= 0.3 is 0 Å². The van der Waals surface area contributed by atoms with Gasteiger partial charge in [-0.3, -0.25) is 0 Å². The number of hydrogen-bond acceptors (Lipinski definition) is 0. The Kier molecular flexibility index (Phi) is 147. The molecule has 890 valence electrons. The van der Waals surface area contributed by atoms with Crippen LogP contribution in [0, 0.1) is 0 Å². The van der Waals surface area contributed by atoms with Gasteiger partial charge in [-0.05, 0) is 0 Å². The van der Waals surface area contributed by atoms with Gasteiger partial charge in [0.2, 0.25) is 0 Å². The first-order valence-corrected chi connectivity index (χ1v) is 73.9. The third-order valence-corrected chi connectivity index (χ3v) is 36.5. The quantitative estimate of drug-likeness (QED) is 0.0533. The van der Waals surface area contributed by atoms with Crippen LogP contribution >= 0.6 is 0 Å². The van der Waals surface area contributed by atoms with Crippen molar-refractivity contribution in [1.29, 1.82) is 0 Å². The van der Waals surface area contributed by atoms with Gasteiger partial charge < -0.3 is 0 Å². The van der Waals surface area contributed by atoms with Crippen molar-refractivity contribution < 1.29 is 0 Å². The van der Waals surface area contributed by atoms with Gasteiger partial charge in [-0.2, -0.15) is 0 Å². The van der Waals surface area contributed by atoms with E-state index in [1.54, 1.807) is 0 Å². The Morgan fingerprint density at radius 3 is 0.0743 bits per heavy atom. The van der Waals surface area contributed by atoms with Gasteiger partial charge in [-0.1, -0.05) is 951 Å². The van der Waals surface area contributed by atoms with Crippen LogP contribution in [-0.4, -0.2) is 0 Å². The molecule has 0 atom stereocenters. The molecular formula is C148H298. The van der Waals surface area contributed by atoms with E-state index in [9.17, 15) is 0 Å². The molecule has 0 saturated heterocycles. The molecular weight excluding hydrogens is 1780 g/mol. The Morgan fingerprint density at radius 2 is 0.0541 bits per heavy atom. The first-order chi connectivity index (χ1) is 73.9. The van der Waals surface area contributed by atoms with Crippen molar-refractivity contribution >= 4 is 0 Å². The second-order valence-electron chi connectivity index (χ2n) is 51.9. The molecule has 0 unspecified atom stereocenters. The molecule has 0 amide bonds. The van der Waals surface area contributed by atoms with Crippen molar-refractivity contribution in [2.75, 3.05) is 0 Å². The van der Waals surface area contributed by atoms with E-state index in [0.717, 1.165) is 0 Å². The maximum Gasteiger partial charge on any atom is -0.0533 e. The lowest BCUT2D eigenvalue weighted by molar-refractivity contribution is 0.504. The van der Waals surface area contributed by atoms with Crippen molar-refractivity contribution in [3.05, 3.63) is 0 Å². The highest BCUT2D eigenvalue weighted by Crippen LogP contribution is 2.28. The summed E-state index contributed by atoms with van der Waals surface area (Å²) in [5.74, 6) is 0. The third kappa shape index (κ3) is 146. The molecule has 0 aromatic carbocycles. The maximum absolute atomic E-state index is 2.32. The summed E-state index contributed by atoms with van der Waals surface area (Å²) in [6.07, 6.45) is 218. The van der Waals surface area contributed by atoms with Crippen molar-refractivity contribution in [2.24, 2.45) is 0 Å². The van der Waals surface area contributed by atoms with Gasteiger partial charge in [-0.15, -0.1) is 0 Å². The molecule has 0 aliphatic heterocycles. The second kappa shape index (κ2) is 147. The summed E-state index contributed by atoms with van der Waals surface area (Å²) in [4.78, 5) is 0. The van der Waals surface area contributed by atoms with Crippen molar-refractivity contribution in [3.63, 3.8) is 0 Å². The number of rotatable bonds is 145. The SMILES string of the molecule is CCCCCCCCCCCCCCCCCCCCCCCCCCCCCCCCCCCCCCCCCCCCCCCCCCCCCCCCCCCCCCCCCCCCCCCCCCCCCCCCCCCCCCCCCCCCCCCCCCCCCCCCCCCCCCCCCCCCCCCCCCCCCCCCCCCCCCCCCCCCCCCCCCCC. The van der Waals surface area contributed by atoms with E-state index in [1.807, 2.05) is 0 Å². The highest BCUT2D eigenvalue weighted by atomic mass is 14.2. The molecule has 148 heavy (non-hydrogen) atoms. The molecule has 0 radical (unpaired) electrons. The normalized spacial score (nSPS) is 11.9. The molecule has 0 heteroatoms. The standard InChI is InChI=1S/C148H298/c1-3-5-7-9-11-13-15-17-19-21-23-25-27-29-31-33-35-37-39-41-43-45-47-49-51-53-55-57-59-61-63-65-67-69-71-73-75-77-79-81-83-85-87-89-91-93-95-97-99-101-103-105-107-109-111-113-115-117-119-121-123-125-127-129-131-133-135-137-139-141-143-145-147-148-146-144-142-140-138-136-134-132-130-128-126-124-122-120-118-116-114-112-110-108-106-104-102-100-98-96-94-92-90-88-86-84-82-80-78-76-74-72-70-68-66-64-62-60-58-56-54-52-50-48-46-44-42-40-38-36-34-32-30-28-26-24-22-20-18-16-14-12-10-8-6-4-2/h3-148H2,1-2H3. The lowest BCUT2D eigenvalue weighted by Crippen LogP contribution is -1.85. The number of hydrogen-bond donors (Lipinski definition) is 0. The molecule has 0 aliphatic carbocycles. The van der Waals surface area contributed by atoms with E-state index in [1.165, 1.54) is 937 Å². The van der Waals surface area contributed by atoms with Crippen LogP contribution in [0.4, 0.5) is 0 Å². The van der Waals surface area contributed by atoms with E-state index >= 15 is 0 Å². The predicted octanol–water partition coefficient (Wildman–Crippen LogP) is 58.0. The molecule has 0 aliphatic rings. The van der Waals surface area contributed by atoms with E-state index in [-0.39, 0.29) is 0 Å². The van der Waals surface area contributed by atoms with Gasteiger partial charge in [0.15, 0.2) is 0 Å². The Balaban J connectivity index is 3.11. The number of unbranched alkanes of at least 4 members (excludes halogenated alkanes) is 145. The average molecular weight is 2080 g/mol. The van der Waals surface area contributed by atoms with Crippen molar-refractivity contribution in [1.82, 2.24) is 0 Å². The lowest BCUT2D eigenvalue weighted by atomic mass is 10.0. The van der Waals surface area contributed by atoms with E-state index < -0.39 is 0 Å². The molecule has 0 bridgehead atoms. The Bertz CT molecular complexity index is 1730. The summed E-state index contributed by atoms with van der Waals surface area (Å²) in [6.45, 7) is 4.64. The summed E-state index contributed by atoms with van der Waals surface area (Å²) < 4.78 is 0. The van der Waals surface area contributed by atoms with Crippen LogP contribution in [0.3, 0.4) is 0 Å². The van der Waals surface area contributed by atoms with Gasteiger partial charge in [0.05, 0.1) is 0 Å². The van der Waals surface area contributed by atoms with Crippen LogP contribution in [0.1, 0.15) is 951 Å². The molecule has 0 fully saturated rings. The van der Waals surface area contributed by atoms with Gasteiger partial charge in [-0.25, -0.2) is 0 Å². The molecule has 0 spiro atoms. The fourth-order valence-electron chi connectivity index (χ4n) is 25.6. The van der Waals surface area contributed by atoms with Gasteiger partial charge in [0.25, 0.3) is 0 Å².